The van der Waals surface area contributed by atoms with Crippen molar-refractivity contribution >= 4 is 23.8 Å². The molecule has 0 bridgehead atoms. The molecule has 12 heavy (non-hydrogen) atoms. The van der Waals surface area contributed by atoms with Crippen LogP contribution in [0.3, 0.4) is 0 Å². The normalized spacial score (nSPS) is 9.00. The molecule has 1 aromatic carbocycles. The number of hydrogen-bond donors (Lipinski definition) is 0. The van der Waals surface area contributed by atoms with Crippen LogP contribution in [0.5, 0.6) is 0 Å². The Morgan fingerprint density at radius 1 is 1.25 bits per heavy atom. The minimum absolute atomic E-state index is 0.786. The van der Waals surface area contributed by atoms with Crippen LogP contribution in [0.25, 0.3) is 0 Å². The SMILES string of the molecule is O=C=C=NC=Nc1ccccc1. The average Bonchev–Trinajstić information content (AvgIpc) is 2.14. The van der Waals surface area contributed by atoms with E-state index in [9.17, 15) is 4.79 Å². The summed E-state index contributed by atoms with van der Waals surface area (Å²) < 4.78 is 0. The van der Waals surface area contributed by atoms with Crippen LogP contribution < -0.4 is 0 Å². The fourth-order valence-electron chi connectivity index (χ4n) is 0.665. The summed E-state index contributed by atoms with van der Waals surface area (Å²) in [5, 5.41) is 0. The van der Waals surface area contributed by atoms with E-state index in [1.165, 1.54) is 12.3 Å². The fourth-order valence-corrected chi connectivity index (χ4v) is 0.665. The van der Waals surface area contributed by atoms with Crippen LogP contribution in [-0.4, -0.2) is 18.1 Å². The van der Waals surface area contributed by atoms with E-state index in [2.05, 4.69) is 9.98 Å². The minimum Gasteiger partial charge on any atom is -0.236 e. The predicted octanol–water partition coefficient (Wildman–Crippen LogP) is 1.40. The first-order chi connectivity index (χ1) is 5.93. The Labute approximate surface area is 69.8 Å². The van der Waals surface area contributed by atoms with Crippen molar-refractivity contribution in [3.05, 3.63) is 30.3 Å². The lowest BCUT2D eigenvalue weighted by atomic mass is 10.3. The largest absolute Gasteiger partial charge is 0.236 e. The van der Waals surface area contributed by atoms with Crippen LogP contribution in [0.4, 0.5) is 5.69 Å². The van der Waals surface area contributed by atoms with Gasteiger partial charge in [0, 0.05) is 0 Å². The van der Waals surface area contributed by atoms with Crippen LogP contribution in [0, 0.1) is 0 Å². The monoisotopic (exact) mass is 158 g/mol. The van der Waals surface area contributed by atoms with E-state index >= 15 is 0 Å². The van der Waals surface area contributed by atoms with Gasteiger partial charge in [0.15, 0.2) is 5.94 Å². The van der Waals surface area contributed by atoms with Gasteiger partial charge in [0.1, 0.15) is 6.34 Å². The van der Waals surface area contributed by atoms with E-state index in [-0.39, 0.29) is 0 Å². The summed E-state index contributed by atoms with van der Waals surface area (Å²) in [7, 11) is 0. The van der Waals surface area contributed by atoms with Crippen molar-refractivity contribution in [2.75, 3.05) is 0 Å². The number of hydrogen-bond acceptors (Lipinski definition) is 2. The third-order valence-electron chi connectivity index (χ3n) is 1.13. The average molecular weight is 158 g/mol. The second kappa shape index (κ2) is 4.80. The molecule has 0 atom stereocenters. The van der Waals surface area contributed by atoms with Crippen molar-refractivity contribution in [2.45, 2.75) is 0 Å². The third kappa shape index (κ3) is 2.76. The molecule has 0 heterocycles. The molecule has 0 saturated heterocycles. The second-order valence-electron chi connectivity index (χ2n) is 1.92. The first kappa shape index (κ1) is 8.15. The molecule has 1 aromatic rings. The molecular weight excluding hydrogens is 152 g/mol. The second-order valence-corrected chi connectivity index (χ2v) is 1.92. The molecular formula is C9H6N2O. The van der Waals surface area contributed by atoms with Crippen LogP contribution in [0.2, 0.25) is 0 Å². The molecule has 3 nitrogen and oxygen atoms in total. The molecule has 0 aliphatic carbocycles. The van der Waals surface area contributed by atoms with Crippen molar-refractivity contribution in [3.8, 4) is 0 Å². The molecule has 0 amide bonds. The zero-order chi connectivity index (χ0) is 8.65. The van der Waals surface area contributed by atoms with Gasteiger partial charge < -0.3 is 0 Å². The molecule has 3 heteroatoms. The molecule has 1 rings (SSSR count). The van der Waals surface area contributed by atoms with Gasteiger partial charge in [-0.15, -0.1) is 0 Å². The number of aliphatic imine (C=N–C) groups is 2. The van der Waals surface area contributed by atoms with E-state index in [1.54, 1.807) is 0 Å². The van der Waals surface area contributed by atoms with Gasteiger partial charge in [-0.2, -0.15) is 4.99 Å². The molecule has 58 valence electrons. The molecule has 0 unspecified atom stereocenters. The van der Waals surface area contributed by atoms with Crippen LogP contribution >= 0.6 is 0 Å². The number of carbonyl (C=O) groups excluding carboxylic acids is 1. The van der Waals surface area contributed by atoms with Crippen molar-refractivity contribution in [1.82, 2.24) is 0 Å². The third-order valence-corrected chi connectivity index (χ3v) is 1.13. The quantitative estimate of drug-likeness (QED) is 0.364. The first-order valence-electron chi connectivity index (χ1n) is 3.33. The highest BCUT2D eigenvalue weighted by Gasteiger charge is 1.80. The minimum atomic E-state index is 0.786. The van der Waals surface area contributed by atoms with Gasteiger partial charge in [0.2, 0.25) is 0 Å². The number of benzene rings is 1. The summed E-state index contributed by atoms with van der Waals surface area (Å²) in [6, 6.07) is 9.29. The Bertz CT molecular complexity index is 344. The molecule has 0 radical (unpaired) electrons. The summed E-state index contributed by atoms with van der Waals surface area (Å²) >= 11 is 0. The van der Waals surface area contributed by atoms with E-state index in [0.29, 0.717) is 0 Å². The lowest BCUT2D eigenvalue weighted by Crippen LogP contribution is -1.65. The van der Waals surface area contributed by atoms with Gasteiger partial charge in [-0.05, 0) is 12.1 Å². The number of rotatable bonds is 2. The first-order valence-corrected chi connectivity index (χ1v) is 3.33. The molecule has 0 aliphatic rings. The maximum atomic E-state index is 9.62. The molecule has 0 spiro atoms. The number of nitrogens with zero attached hydrogens (tertiary/aromatic N) is 2. The maximum Gasteiger partial charge on any atom is 0.197 e. The Kier molecular flexibility index (Phi) is 3.26. The van der Waals surface area contributed by atoms with E-state index in [4.69, 9.17) is 0 Å². The highest BCUT2D eigenvalue weighted by atomic mass is 16.1. The van der Waals surface area contributed by atoms with Crippen molar-refractivity contribution in [1.29, 1.82) is 0 Å². The predicted molar refractivity (Wildman–Crippen MR) is 47.7 cm³/mol. The molecule has 0 fully saturated rings. The molecule has 0 saturated carbocycles. The molecule has 0 N–H and O–H groups in total. The van der Waals surface area contributed by atoms with Gasteiger partial charge in [-0.1, -0.05) is 18.2 Å². The Balaban J connectivity index is 2.70. The summed E-state index contributed by atoms with van der Waals surface area (Å²) in [5.74, 6) is 3.38. The van der Waals surface area contributed by atoms with Crippen molar-refractivity contribution in [2.24, 2.45) is 9.98 Å². The van der Waals surface area contributed by atoms with E-state index < -0.39 is 0 Å². The molecule has 0 aromatic heterocycles. The van der Waals surface area contributed by atoms with Gasteiger partial charge >= 0.3 is 0 Å². The van der Waals surface area contributed by atoms with E-state index in [1.807, 2.05) is 36.2 Å². The zero-order valence-electron chi connectivity index (χ0n) is 6.27. The summed E-state index contributed by atoms with van der Waals surface area (Å²) in [4.78, 5) is 17.0. The van der Waals surface area contributed by atoms with Crippen molar-refractivity contribution < 1.29 is 4.79 Å². The Hall–Kier alpha value is -1.95. The van der Waals surface area contributed by atoms with Crippen LogP contribution in [0.1, 0.15) is 0 Å². The van der Waals surface area contributed by atoms with Crippen LogP contribution in [-0.2, 0) is 4.79 Å². The van der Waals surface area contributed by atoms with Gasteiger partial charge in [0.25, 0.3) is 0 Å². The Morgan fingerprint density at radius 2 is 2.00 bits per heavy atom. The highest BCUT2D eigenvalue weighted by molar-refractivity contribution is 5.89. The lowest BCUT2D eigenvalue weighted by molar-refractivity contribution is 0.571. The van der Waals surface area contributed by atoms with Gasteiger partial charge in [0.05, 0.1) is 11.6 Å². The Morgan fingerprint density at radius 3 is 2.67 bits per heavy atom. The maximum absolute atomic E-state index is 9.62. The number of para-hydroxylation sites is 1. The molecule has 0 aliphatic heterocycles. The topological polar surface area (TPSA) is 41.8 Å². The highest BCUT2D eigenvalue weighted by Crippen LogP contribution is 2.07. The summed E-state index contributed by atoms with van der Waals surface area (Å²) in [5.41, 5.74) is 0.786. The smallest absolute Gasteiger partial charge is 0.197 e. The summed E-state index contributed by atoms with van der Waals surface area (Å²) in [6.45, 7) is 0. The van der Waals surface area contributed by atoms with Crippen LogP contribution in [0.15, 0.2) is 40.3 Å². The summed E-state index contributed by atoms with van der Waals surface area (Å²) in [6.07, 6.45) is 1.25. The van der Waals surface area contributed by atoms with Crippen molar-refractivity contribution in [3.63, 3.8) is 0 Å². The van der Waals surface area contributed by atoms with Gasteiger partial charge in [-0.3, -0.25) is 0 Å². The van der Waals surface area contributed by atoms with E-state index in [0.717, 1.165) is 5.69 Å². The zero-order valence-corrected chi connectivity index (χ0v) is 6.27. The fraction of sp³-hybridized carbons (Fsp3) is 0. The lowest BCUT2D eigenvalue weighted by Gasteiger charge is -1.86. The van der Waals surface area contributed by atoms with Gasteiger partial charge in [-0.25, -0.2) is 9.79 Å². The standard InChI is InChI=1S/C9H6N2O/c12-7-6-10-8-11-9-4-2-1-3-5-9/h1-5,8H.